The van der Waals surface area contributed by atoms with Crippen molar-refractivity contribution in [3.8, 4) is 0 Å². The molecule has 1 N–H and O–H groups in total. The molecule has 0 saturated carbocycles. The first-order chi connectivity index (χ1) is 10.4. The van der Waals surface area contributed by atoms with Gasteiger partial charge in [0, 0.05) is 35.8 Å². The number of hydrogen-bond donors (Lipinski definition) is 2. The van der Waals surface area contributed by atoms with Gasteiger partial charge in [0.05, 0.1) is 0 Å². The first kappa shape index (κ1) is 17.7. The van der Waals surface area contributed by atoms with Crippen LogP contribution in [0.25, 0.3) is 0 Å². The third-order valence-corrected chi connectivity index (χ3v) is 3.14. The Morgan fingerprint density at radius 3 is 2.59 bits per heavy atom. The van der Waals surface area contributed by atoms with Crippen LogP contribution in [0, 0.1) is 10.1 Å². The third kappa shape index (κ3) is 6.89. The fourth-order valence-corrected chi connectivity index (χ4v) is 1.65. The van der Waals surface area contributed by atoms with E-state index in [0.717, 1.165) is 5.56 Å². The zero-order chi connectivity index (χ0) is 16.5. The second kappa shape index (κ2) is 8.83. The van der Waals surface area contributed by atoms with Crippen LogP contribution in [-0.2, 0) is 9.63 Å². The number of anilines is 1. The average Bonchev–Trinajstić information content (AvgIpc) is 2.45. The van der Waals surface area contributed by atoms with E-state index in [4.69, 9.17) is 0 Å². The lowest BCUT2D eigenvalue weighted by atomic mass is 10.2. The summed E-state index contributed by atoms with van der Waals surface area (Å²) in [4.78, 5) is 30.0. The zero-order valence-corrected chi connectivity index (χ0v) is 13.2. The van der Waals surface area contributed by atoms with Gasteiger partial charge in [-0.1, -0.05) is 12.1 Å². The minimum Gasteiger partial charge on any atom is -0.326 e. The van der Waals surface area contributed by atoms with Gasteiger partial charge in [0.1, 0.15) is 6.61 Å². The Labute approximate surface area is 133 Å². The summed E-state index contributed by atoms with van der Waals surface area (Å²) in [6, 6.07) is 7.18. The summed E-state index contributed by atoms with van der Waals surface area (Å²) in [5.41, 5.74) is 2.22. The third-order valence-electron chi connectivity index (χ3n) is 2.59. The van der Waals surface area contributed by atoms with E-state index in [2.05, 4.69) is 27.8 Å². The van der Waals surface area contributed by atoms with Crippen molar-refractivity contribution >= 4 is 30.4 Å². The van der Waals surface area contributed by atoms with E-state index in [1.807, 2.05) is 12.1 Å². The second-order valence-corrected chi connectivity index (χ2v) is 4.94. The van der Waals surface area contributed by atoms with Gasteiger partial charge < -0.3 is 10.2 Å². The first-order valence-corrected chi connectivity index (χ1v) is 6.91. The molecule has 1 amide bonds. The molecule has 1 rings (SSSR count). The highest BCUT2D eigenvalue weighted by molar-refractivity contribution is 7.84. The standard InChI is InChI=1S/C14H17N3O4S/c1-10(14(22)7-8-21-17(19)20)15-9-12-3-5-13(6-4-12)16-11(2)18/h3-6,9,22H,7-8H2,1-2H3,(H,16,18)/b14-10-,15-9?. The van der Waals surface area contributed by atoms with Crippen molar-refractivity contribution in [1.29, 1.82) is 0 Å². The molecule has 0 saturated heterocycles. The Morgan fingerprint density at radius 2 is 2.05 bits per heavy atom. The fourth-order valence-electron chi connectivity index (χ4n) is 1.50. The van der Waals surface area contributed by atoms with Crippen molar-refractivity contribution in [2.24, 2.45) is 4.99 Å². The van der Waals surface area contributed by atoms with Crippen LogP contribution in [0.3, 0.4) is 0 Å². The minimum atomic E-state index is -0.837. The van der Waals surface area contributed by atoms with Gasteiger partial charge in [0.15, 0.2) is 0 Å². The molecule has 0 fully saturated rings. The van der Waals surface area contributed by atoms with Crippen LogP contribution in [0.15, 0.2) is 39.9 Å². The molecule has 0 atom stereocenters. The van der Waals surface area contributed by atoms with Gasteiger partial charge >= 0.3 is 0 Å². The maximum Gasteiger partial charge on any atom is 0.294 e. The summed E-state index contributed by atoms with van der Waals surface area (Å²) < 4.78 is 0. The summed E-state index contributed by atoms with van der Waals surface area (Å²) in [7, 11) is 0. The Kier molecular flexibility index (Phi) is 7.11. The number of thiol groups is 1. The van der Waals surface area contributed by atoms with Crippen LogP contribution >= 0.6 is 12.6 Å². The van der Waals surface area contributed by atoms with E-state index in [9.17, 15) is 14.9 Å². The van der Waals surface area contributed by atoms with E-state index in [0.29, 0.717) is 22.7 Å². The van der Waals surface area contributed by atoms with Gasteiger partial charge in [0.25, 0.3) is 5.09 Å². The van der Waals surface area contributed by atoms with E-state index in [1.165, 1.54) is 6.92 Å². The molecule has 0 spiro atoms. The van der Waals surface area contributed by atoms with Crippen LogP contribution in [0.1, 0.15) is 25.8 Å². The van der Waals surface area contributed by atoms with Gasteiger partial charge in [-0.3, -0.25) is 9.79 Å². The predicted molar refractivity (Wildman–Crippen MR) is 87.6 cm³/mol. The maximum absolute atomic E-state index is 10.9. The predicted octanol–water partition coefficient (Wildman–Crippen LogP) is 2.82. The molecule has 0 aliphatic rings. The lowest BCUT2D eigenvalue weighted by Crippen LogP contribution is -2.05. The zero-order valence-electron chi connectivity index (χ0n) is 12.3. The quantitative estimate of drug-likeness (QED) is 0.349. The molecule has 0 heterocycles. The van der Waals surface area contributed by atoms with Crippen LogP contribution in [-0.4, -0.2) is 23.8 Å². The highest BCUT2D eigenvalue weighted by Crippen LogP contribution is 2.15. The van der Waals surface area contributed by atoms with Gasteiger partial charge in [-0.2, -0.15) is 0 Å². The number of amides is 1. The second-order valence-electron chi connectivity index (χ2n) is 4.40. The highest BCUT2D eigenvalue weighted by atomic mass is 32.1. The smallest absolute Gasteiger partial charge is 0.294 e. The number of hydrogen-bond acceptors (Lipinski definition) is 6. The molecule has 0 unspecified atom stereocenters. The lowest BCUT2D eigenvalue weighted by molar-refractivity contribution is -0.757. The Bertz CT molecular complexity index is 597. The molecule has 1 aromatic rings. The lowest BCUT2D eigenvalue weighted by Gasteiger charge is -2.03. The van der Waals surface area contributed by atoms with Gasteiger partial charge in [0.2, 0.25) is 5.91 Å². The van der Waals surface area contributed by atoms with Gasteiger partial charge in [-0.05, 0) is 24.6 Å². The number of allylic oxidation sites excluding steroid dienone is 1. The fraction of sp³-hybridized carbons (Fsp3) is 0.286. The van der Waals surface area contributed by atoms with Crippen LogP contribution in [0.5, 0.6) is 0 Å². The van der Waals surface area contributed by atoms with E-state index in [1.54, 1.807) is 25.3 Å². The minimum absolute atomic E-state index is 0.0515. The molecule has 8 heteroatoms. The van der Waals surface area contributed by atoms with Gasteiger partial charge in [-0.15, -0.1) is 22.7 Å². The van der Waals surface area contributed by atoms with Crippen molar-refractivity contribution in [2.75, 3.05) is 11.9 Å². The summed E-state index contributed by atoms with van der Waals surface area (Å²) in [6.07, 6.45) is 1.96. The Hall–Kier alpha value is -2.35. The van der Waals surface area contributed by atoms with E-state index < -0.39 is 5.09 Å². The summed E-state index contributed by atoms with van der Waals surface area (Å²) >= 11 is 4.24. The van der Waals surface area contributed by atoms with Crippen LogP contribution < -0.4 is 5.32 Å². The van der Waals surface area contributed by atoms with Crippen molar-refractivity contribution in [2.45, 2.75) is 20.3 Å². The molecule has 0 aromatic heterocycles. The Morgan fingerprint density at radius 1 is 1.41 bits per heavy atom. The number of nitrogens with one attached hydrogen (secondary N) is 1. The van der Waals surface area contributed by atoms with Crippen molar-refractivity contribution < 1.29 is 14.7 Å². The molecule has 0 aliphatic heterocycles. The largest absolute Gasteiger partial charge is 0.326 e. The topological polar surface area (TPSA) is 93.8 Å². The number of rotatable bonds is 7. The average molecular weight is 323 g/mol. The molecule has 0 radical (unpaired) electrons. The molecule has 7 nitrogen and oxygen atoms in total. The SMILES string of the molecule is CC(=O)Nc1ccc(C=N/C(C)=C(\S)CCO[N+](=O)[O-])cc1. The Balaban J connectivity index is 2.62. The normalized spacial score (nSPS) is 12.0. The van der Waals surface area contributed by atoms with E-state index >= 15 is 0 Å². The van der Waals surface area contributed by atoms with Crippen LogP contribution in [0.2, 0.25) is 0 Å². The van der Waals surface area contributed by atoms with Gasteiger partial charge in [-0.25, -0.2) is 0 Å². The molecular weight excluding hydrogens is 306 g/mol. The number of benzene rings is 1. The first-order valence-electron chi connectivity index (χ1n) is 6.46. The number of aliphatic imine (C=N–C) groups is 1. The number of carbonyl (C=O) groups is 1. The molecule has 0 bridgehead atoms. The highest BCUT2D eigenvalue weighted by Gasteiger charge is 2.00. The molecule has 1 aromatic carbocycles. The number of nitrogens with zero attached hydrogens (tertiary/aromatic N) is 2. The maximum atomic E-state index is 10.9. The van der Waals surface area contributed by atoms with Crippen LogP contribution in [0.4, 0.5) is 5.69 Å². The summed E-state index contributed by atoms with van der Waals surface area (Å²) in [6.45, 7) is 3.15. The van der Waals surface area contributed by atoms with Crippen molar-refractivity contribution in [1.82, 2.24) is 0 Å². The van der Waals surface area contributed by atoms with Crippen molar-refractivity contribution in [3.05, 3.63) is 50.5 Å². The van der Waals surface area contributed by atoms with Crippen molar-refractivity contribution in [3.63, 3.8) is 0 Å². The molecule has 22 heavy (non-hydrogen) atoms. The molecule has 118 valence electrons. The summed E-state index contributed by atoms with van der Waals surface area (Å²) in [5.74, 6) is -0.128. The summed E-state index contributed by atoms with van der Waals surface area (Å²) in [5, 5.41) is 11.9. The molecule has 0 aliphatic carbocycles. The number of carbonyl (C=O) groups excluding carboxylic acids is 1. The monoisotopic (exact) mass is 323 g/mol. The van der Waals surface area contributed by atoms with E-state index in [-0.39, 0.29) is 12.5 Å². The molecular formula is C14H17N3O4S.